The molecule has 0 aliphatic rings. The van der Waals surface area contributed by atoms with Crippen LogP contribution >= 0.6 is 22.6 Å². The Labute approximate surface area is 125 Å². The summed E-state index contributed by atoms with van der Waals surface area (Å²) < 4.78 is 1.19. The van der Waals surface area contributed by atoms with Gasteiger partial charge in [0.2, 0.25) is 0 Å². The molecule has 0 fully saturated rings. The second-order valence-corrected chi connectivity index (χ2v) is 5.73. The van der Waals surface area contributed by atoms with Crippen LogP contribution < -0.4 is 5.73 Å². The Kier molecular flexibility index (Phi) is 3.48. The van der Waals surface area contributed by atoms with Crippen molar-refractivity contribution in [2.75, 3.05) is 0 Å². The van der Waals surface area contributed by atoms with E-state index in [1.165, 1.54) is 8.96 Å². The van der Waals surface area contributed by atoms with E-state index in [0.717, 1.165) is 16.5 Å². The lowest BCUT2D eigenvalue weighted by Gasteiger charge is -2.15. The molecule has 0 saturated heterocycles. The van der Waals surface area contributed by atoms with Gasteiger partial charge in [-0.2, -0.15) is 0 Å². The van der Waals surface area contributed by atoms with Crippen molar-refractivity contribution in [3.05, 3.63) is 75.6 Å². The van der Waals surface area contributed by atoms with Crippen LogP contribution in [0, 0.1) is 3.57 Å². The monoisotopic (exact) mass is 360 g/mol. The Hall–Kier alpha value is -1.46. The number of pyridine rings is 1. The van der Waals surface area contributed by atoms with Crippen LogP contribution in [0.5, 0.6) is 0 Å². The molecular formula is C16H13IN2. The number of nitrogens with zero attached hydrogens (tertiary/aromatic N) is 1. The molecule has 19 heavy (non-hydrogen) atoms. The number of fused-ring (bicyclic) bond motifs is 1. The predicted octanol–water partition coefficient (Wildman–Crippen LogP) is 3.89. The van der Waals surface area contributed by atoms with E-state index in [1.54, 1.807) is 0 Å². The number of halogens is 1. The summed E-state index contributed by atoms with van der Waals surface area (Å²) in [5, 5.41) is 2.30. The van der Waals surface area contributed by atoms with E-state index in [9.17, 15) is 0 Å². The smallest absolute Gasteiger partial charge is 0.0573 e. The molecule has 0 bridgehead atoms. The highest BCUT2D eigenvalue weighted by Gasteiger charge is 2.12. The third kappa shape index (κ3) is 2.48. The van der Waals surface area contributed by atoms with Crippen molar-refractivity contribution in [1.82, 2.24) is 4.98 Å². The van der Waals surface area contributed by atoms with Gasteiger partial charge in [0, 0.05) is 21.4 Å². The van der Waals surface area contributed by atoms with Crippen LogP contribution in [0.2, 0.25) is 0 Å². The van der Waals surface area contributed by atoms with Crippen molar-refractivity contribution in [2.45, 2.75) is 6.04 Å². The van der Waals surface area contributed by atoms with Crippen molar-refractivity contribution in [3.8, 4) is 0 Å². The minimum atomic E-state index is -0.145. The standard InChI is InChI=1S/C16H13IN2/c17-13-6-3-5-11(8-13)16(18)15-10-19-9-12-4-1-2-7-14(12)15/h1-10,16H,18H2. The summed E-state index contributed by atoms with van der Waals surface area (Å²) in [4.78, 5) is 4.30. The molecular weight excluding hydrogens is 347 g/mol. The molecule has 0 aliphatic carbocycles. The van der Waals surface area contributed by atoms with Crippen molar-refractivity contribution >= 4 is 33.4 Å². The molecule has 1 aromatic heterocycles. The van der Waals surface area contributed by atoms with Gasteiger partial charge in [-0.05, 0) is 51.2 Å². The lowest BCUT2D eigenvalue weighted by Crippen LogP contribution is -2.12. The second-order valence-electron chi connectivity index (χ2n) is 4.48. The van der Waals surface area contributed by atoms with Crippen LogP contribution in [-0.4, -0.2) is 4.98 Å². The lowest BCUT2D eigenvalue weighted by atomic mass is 9.97. The first-order chi connectivity index (χ1) is 9.25. The van der Waals surface area contributed by atoms with Crippen LogP contribution in [0.3, 0.4) is 0 Å². The minimum Gasteiger partial charge on any atom is -0.320 e. The largest absolute Gasteiger partial charge is 0.320 e. The highest BCUT2D eigenvalue weighted by Crippen LogP contribution is 2.26. The van der Waals surface area contributed by atoms with Crippen molar-refractivity contribution < 1.29 is 0 Å². The molecule has 94 valence electrons. The molecule has 3 aromatic rings. The summed E-state index contributed by atoms with van der Waals surface area (Å²) >= 11 is 2.31. The molecule has 0 aliphatic heterocycles. The maximum Gasteiger partial charge on any atom is 0.0573 e. The summed E-state index contributed by atoms with van der Waals surface area (Å²) in [5.41, 5.74) is 8.59. The number of hydrogen-bond donors (Lipinski definition) is 1. The van der Waals surface area contributed by atoms with Gasteiger partial charge < -0.3 is 5.73 Å². The maximum absolute atomic E-state index is 6.41. The summed E-state index contributed by atoms with van der Waals surface area (Å²) in [5.74, 6) is 0. The zero-order chi connectivity index (χ0) is 13.2. The van der Waals surface area contributed by atoms with E-state index in [1.807, 2.05) is 30.6 Å². The zero-order valence-electron chi connectivity index (χ0n) is 10.3. The summed E-state index contributed by atoms with van der Waals surface area (Å²) in [7, 11) is 0. The van der Waals surface area contributed by atoms with Crippen LogP contribution in [0.25, 0.3) is 10.8 Å². The first-order valence-corrected chi connectivity index (χ1v) is 7.17. The molecule has 2 nitrogen and oxygen atoms in total. The molecule has 0 amide bonds. The summed E-state index contributed by atoms with van der Waals surface area (Å²) in [6.07, 6.45) is 3.74. The molecule has 1 unspecified atom stereocenters. The first kappa shape index (κ1) is 12.6. The van der Waals surface area contributed by atoms with E-state index < -0.39 is 0 Å². The van der Waals surface area contributed by atoms with Gasteiger partial charge in [-0.1, -0.05) is 36.4 Å². The zero-order valence-corrected chi connectivity index (χ0v) is 12.4. The quantitative estimate of drug-likeness (QED) is 0.705. The van der Waals surface area contributed by atoms with Gasteiger partial charge in [-0.15, -0.1) is 0 Å². The Bertz CT molecular complexity index is 719. The van der Waals surface area contributed by atoms with Crippen molar-refractivity contribution in [2.24, 2.45) is 5.73 Å². The van der Waals surface area contributed by atoms with Gasteiger partial charge in [-0.3, -0.25) is 4.98 Å². The fourth-order valence-corrected chi connectivity index (χ4v) is 2.83. The number of rotatable bonds is 2. The van der Waals surface area contributed by atoms with Gasteiger partial charge in [-0.25, -0.2) is 0 Å². The molecule has 0 radical (unpaired) electrons. The van der Waals surface area contributed by atoms with Gasteiger partial charge in [0.25, 0.3) is 0 Å². The highest BCUT2D eigenvalue weighted by atomic mass is 127. The van der Waals surface area contributed by atoms with Gasteiger partial charge in [0.1, 0.15) is 0 Å². The van der Waals surface area contributed by atoms with Crippen LogP contribution in [0.1, 0.15) is 17.2 Å². The third-order valence-electron chi connectivity index (χ3n) is 3.24. The van der Waals surface area contributed by atoms with E-state index in [0.29, 0.717) is 0 Å². The van der Waals surface area contributed by atoms with E-state index >= 15 is 0 Å². The molecule has 1 atom stereocenters. The molecule has 2 aromatic carbocycles. The van der Waals surface area contributed by atoms with Crippen LogP contribution in [0.4, 0.5) is 0 Å². The average molecular weight is 360 g/mol. The Morgan fingerprint density at radius 2 is 1.84 bits per heavy atom. The highest BCUT2D eigenvalue weighted by molar-refractivity contribution is 14.1. The minimum absolute atomic E-state index is 0.145. The number of hydrogen-bond acceptors (Lipinski definition) is 2. The van der Waals surface area contributed by atoms with Gasteiger partial charge >= 0.3 is 0 Å². The molecule has 0 spiro atoms. The summed E-state index contributed by atoms with van der Waals surface area (Å²) in [6.45, 7) is 0. The molecule has 2 N–H and O–H groups in total. The third-order valence-corrected chi connectivity index (χ3v) is 3.91. The lowest BCUT2D eigenvalue weighted by molar-refractivity contribution is 0.872. The second kappa shape index (κ2) is 5.27. The fourth-order valence-electron chi connectivity index (χ4n) is 2.27. The first-order valence-electron chi connectivity index (χ1n) is 6.09. The number of nitrogens with two attached hydrogens (primary N) is 1. The number of benzene rings is 2. The molecule has 0 saturated carbocycles. The number of aromatic nitrogens is 1. The Balaban J connectivity index is 2.14. The SMILES string of the molecule is NC(c1cccc(I)c1)c1cncc2ccccc12. The van der Waals surface area contributed by atoms with Crippen molar-refractivity contribution in [1.29, 1.82) is 0 Å². The molecule has 1 heterocycles. The average Bonchev–Trinajstić information content (AvgIpc) is 2.46. The van der Waals surface area contributed by atoms with Gasteiger partial charge in [0.05, 0.1) is 6.04 Å². The molecule has 3 rings (SSSR count). The van der Waals surface area contributed by atoms with Gasteiger partial charge in [0.15, 0.2) is 0 Å². The normalized spacial score (nSPS) is 12.5. The molecule has 3 heteroatoms. The fraction of sp³-hybridized carbons (Fsp3) is 0.0625. The van der Waals surface area contributed by atoms with E-state index in [2.05, 4.69) is 57.9 Å². The maximum atomic E-state index is 6.41. The van der Waals surface area contributed by atoms with E-state index in [-0.39, 0.29) is 6.04 Å². The summed E-state index contributed by atoms with van der Waals surface area (Å²) in [6, 6.07) is 16.4. The Morgan fingerprint density at radius 1 is 1.00 bits per heavy atom. The topological polar surface area (TPSA) is 38.9 Å². The van der Waals surface area contributed by atoms with Crippen molar-refractivity contribution in [3.63, 3.8) is 0 Å². The predicted molar refractivity (Wildman–Crippen MR) is 86.9 cm³/mol. The van der Waals surface area contributed by atoms with Crippen LogP contribution in [-0.2, 0) is 0 Å². The van der Waals surface area contributed by atoms with Crippen LogP contribution in [0.15, 0.2) is 60.9 Å². The van der Waals surface area contributed by atoms with E-state index in [4.69, 9.17) is 5.73 Å². The Morgan fingerprint density at radius 3 is 2.68 bits per heavy atom.